The van der Waals surface area contributed by atoms with Crippen LogP contribution in [0.5, 0.6) is 0 Å². The average Bonchev–Trinajstić information content (AvgIpc) is 2.62. The minimum Gasteiger partial charge on any atom is -0.465 e. The summed E-state index contributed by atoms with van der Waals surface area (Å²) in [6, 6.07) is 0. The molecule has 5 unspecified atom stereocenters. The van der Waals surface area contributed by atoms with Gasteiger partial charge in [-0.15, -0.1) is 0 Å². The molecule has 0 aromatic rings. The summed E-state index contributed by atoms with van der Waals surface area (Å²) in [4.78, 5) is 11.2. The Bertz CT molecular complexity index is 242. The summed E-state index contributed by atoms with van der Waals surface area (Å²) >= 11 is 4.42. The zero-order valence-electron chi connectivity index (χ0n) is 6.47. The summed E-state index contributed by atoms with van der Waals surface area (Å²) in [6.07, 6.45) is 1.16. The van der Waals surface area contributed by atoms with Gasteiger partial charge in [0.05, 0.1) is 24.7 Å². The molecule has 5 atom stereocenters. The number of ether oxygens (including phenoxy) is 2. The number of cyclic esters (lactones) is 1. The molecule has 0 aliphatic carbocycles. The summed E-state index contributed by atoms with van der Waals surface area (Å²) in [6.45, 7) is 0.543. The largest absolute Gasteiger partial charge is 0.465 e. The van der Waals surface area contributed by atoms with Crippen LogP contribution in [-0.2, 0) is 14.3 Å². The van der Waals surface area contributed by atoms with Gasteiger partial charge in [-0.3, -0.25) is 4.79 Å². The van der Waals surface area contributed by atoms with Crippen molar-refractivity contribution >= 4 is 18.6 Å². The fourth-order valence-electron chi connectivity index (χ4n) is 2.62. The van der Waals surface area contributed by atoms with E-state index < -0.39 is 0 Å². The van der Waals surface area contributed by atoms with Crippen LogP contribution < -0.4 is 0 Å². The molecular formula is C8H10O3S. The van der Waals surface area contributed by atoms with Crippen LogP contribution in [0.4, 0.5) is 0 Å². The molecule has 3 aliphatic rings. The van der Waals surface area contributed by atoms with Gasteiger partial charge in [0.2, 0.25) is 0 Å². The fourth-order valence-corrected chi connectivity index (χ4v) is 3.12. The van der Waals surface area contributed by atoms with Crippen LogP contribution >= 0.6 is 12.6 Å². The van der Waals surface area contributed by atoms with Gasteiger partial charge >= 0.3 is 5.97 Å². The van der Waals surface area contributed by atoms with E-state index >= 15 is 0 Å². The van der Waals surface area contributed by atoms with E-state index in [1.165, 1.54) is 0 Å². The molecule has 0 aromatic heterocycles. The number of hydrogen-bond acceptors (Lipinski definition) is 4. The van der Waals surface area contributed by atoms with Crippen molar-refractivity contribution in [3.63, 3.8) is 0 Å². The van der Waals surface area contributed by atoms with E-state index in [0.29, 0.717) is 17.8 Å². The molecule has 12 heavy (non-hydrogen) atoms. The molecule has 0 aromatic carbocycles. The molecule has 66 valence electrons. The maximum Gasteiger partial charge on any atom is 0.312 e. The monoisotopic (exact) mass is 186 g/mol. The SMILES string of the molecule is O=C1OCC2C3OC(CC3S)C12. The third-order valence-corrected chi connectivity index (χ3v) is 3.66. The molecule has 3 aliphatic heterocycles. The minimum absolute atomic E-state index is 0.0263. The van der Waals surface area contributed by atoms with Gasteiger partial charge in [-0.05, 0) is 6.42 Å². The second-order valence-corrected chi connectivity index (χ2v) is 4.43. The Labute approximate surface area is 75.8 Å². The lowest BCUT2D eigenvalue weighted by Crippen LogP contribution is -2.33. The van der Waals surface area contributed by atoms with E-state index in [2.05, 4.69) is 12.6 Å². The highest BCUT2D eigenvalue weighted by atomic mass is 32.1. The van der Waals surface area contributed by atoms with Crippen molar-refractivity contribution < 1.29 is 14.3 Å². The second kappa shape index (κ2) is 2.17. The zero-order chi connectivity index (χ0) is 8.29. The summed E-state index contributed by atoms with van der Waals surface area (Å²) < 4.78 is 10.6. The molecule has 0 N–H and O–H groups in total. The third kappa shape index (κ3) is 0.702. The molecule has 0 amide bonds. The lowest BCUT2D eigenvalue weighted by atomic mass is 9.81. The fraction of sp³-hybridized carbons (Fsp3) is 0.875. The van der Waals surface area contributed by atoms with E-state index in [4.69, 9.17) is 9.47 Å². The number of hydrogen-bond donors (Lipinski definition) is 1. The first-order chi connectivity index (χ1) is 5.77. The van der Waals surface area contributed by atoms with Crippen LogP contribution in [0.15, 0.2) is 0 Å². The van der Waals surface area contributed by atoms with Crippen molar-refractivity contribution in [2.24, 2.45) is 11.8 Å². The second-order valence-electron chi connectivity index (χ2n) is 3.76. The van der Waals surface area contributed by atoms with Gasteiger partial charge in [0.1, 0.15) is 0 Å². The Kier molecular flexibility index (Phi) is 1.31. The highest BCUT2D eigenvalue weighted by molar-refractivity contribution is 7.81. The van der Waals surface area contributed by atoms with Crippen LogP contribution in [0.25, 0.3) is 0 Å². The first-order valence-corrected chi connectivity index (χ1v) is 4.79. The predicted molar refractivity (Wildman–Crippen MR) is 44.0 cm³/mol. The number of fused-ring (bicyclic) bond motifs is 5. The van der Waals surface area contributed by atoms with Gasteiger partial charge in [0, 0.05) is 11.2 Å². The Morgan fingerprint density at radius 2 is 2.33 bits per heavy atom. The van der Waals surface area contributed by atoms with Crippen molar-refractivity contribution in [3.05, 3.63) is 0 Å². The molecule has 0 saturated carbocycles. The zero-order valence-corrected chi connectivity index (χ0v) is 7.37. The third-order valence-electron chi connectivity index (χ3n) is 3.16. The molecule has 3 nitrogen and oxygen atoms in total. The van der Waals surface area contributed by atoms with Gasteiger partial charge < -0.3 is 9.47 Å². The lowest BCUT2D eigenvalue weighted by molar-refractivity contribution is -0.143. The average molecular weight is 186 g/mol. The maximum absolute atomic E-state index is 11.2. The lowest BCUT2D eigenvalue weighted by Gasteiger charge is -2.20. The van der Waals surface area contributed by atoms with Crippen molar-refractivity contribution in [1.29, 1.82) is 0 Å². The first-order valence-electron chi connectivity index (χ1n) is 4.27. The Morgan fingerprint density at radius 1 is 1.50 bits per heavy atom. The molecule has 4 heteroatoms. The minimum atomic E-state index is -0.0623. The number of esters is 1. The van der Waals surface area contributed by atoms with Crippen LogP contribution in [0.3, 0.4) is 0 Å². The van der Waals surface area contributed by atoms with E-state index in [9.17, 15) is 4.79 Å². The van der Waals surface area contributed by atoms with Gasteiger partial charge in [0.15, 0.2) is 0 Å². The molecule has 3 heterocycles. The topological polar surface area (TPSA) is 35.5 Å². The van der Waals surface area contributed by atoms with E-state index in [0.717, 1.165) is 6.42 Å². The predicted octanol–water partition coefficient (Wildman–Crippen LogP) is 0.245. The van der Waals surface area contributed by atoms with Crippen LogP contribution in [0.2, 0.25) is 0 Å². The van der Waals surface area contributed by atoms with Crippen molar-refractivity contribution in [1.82, 2.24) is 0 Å². The van der Waals surface area contributed by atoms with E-state index in [-0.39, 0.29) is 24.1 Å². The Balaban J connectivity index is 1.94. The molecule has 3 rings (SSSR count). The number of carbonyl (C=O) groups excluding carboxylic acids is 1. The van der Waals surface area contributed by atoms with Crippen LogP contribution in [-0.4, -0.2) is 30.0 Å². The van der Waals surface area contributed by atoms with Gasteiger partial charge in [-0.2, -0.15) is 12.6 Å². The normalized spacial score (nSPS) is 55.8. The highest BCUT2D eigenvalue weighted by Crippen LogP contribution is 2.48. The molecular weight excluding hydrogens is 176 g/mol. The van der Waals surface area contributed by atoms with Crippen molar-refractivity contribution in [2.75, 3.05) is 6.61 Å². The number of thiol groups is 1. The maximum atomic E-state index is 11.2. The summed E-state index contributed by atoms with van der Waals surface area (Å²) in [5.74, 6) is 0.255. The smallest absolute Gasteiger partial charge is 0.312 e. The number of rotatable bonds is 0. The molecule has 2 bridgehead atoms. The molecule has 3 saturated heterocycles. The standard InChI is InChI=1S/C8H10O3S/c9-8-6-3(2-10-8)7-5(12)1-4(6)11-7/h3-7,12H,1-2H2. The van der Waals surface area contributed by atoms with Crippen molar-refractivity contribution in [3.8, 4) is 0 Å². The first kappa shape index (κ1) is 7.21. The van der Waals surface area contributed by atoms with E-state index in [1.807, 2.05) is 0 Å². The highest BCUT2D eigenvalue weighted by Gasteiger charge is 2.59. The molecule has 3 fully saturated rings. The summed E-state index contributed by atoms with van der Waals surface area (Å²) in [5.41, 5.74) is 0. The molecule has 0 radical (unpaired) electrons. The van der Waals surface area contributed by atoms with Gasteiger partial charge in [0.25, 0.3) is 0 Å². The quantitative estimate of drug-likeness (QED) is 0.435. The van der Waals surface area contributed by atoms with E-state index in [1.54, 1.807) is 0 Å². The summed E-state index contributed by atoms with van der Waals surface area (Å²) in [7, 11) is 0. The van der Waals surface area contributed by atoms with Crippen LogP contribution in [0, 0.1) is 11.8 Å². The van der Waals surface area contributed by atoms with Crippen molar-refractivity contribution in [2.45, 2.75) is 23.9 Å². The Hall–Kier alpha value is -0.220. The molecule has 0 spiro atoms. The summed E-state index contributed by atoms with van der Waals surface area (Å²) in [5, 5.41) is 0.311. The number of carbonyl (C=O) groups is 1. The van der Waals surface area contributed by atoms with Crippen LogP contribution in [0.1, 0.15) is 6.42 Å². The van der Waals surface area contributed by atoms with Gasteiger partial charge in [-0.25, -0.2) is 0 Å². The Morgan fingerprint density at radius 3 is 3.17 bits per heavy atom. The van der Waals surface area contributed by atoms with Gasteiger partial charge in [-0.1, -0.05) is 0 Å².